The summed E-state index contributed by atoms with van der Waals surface area (Å²) < 4.78 is 22.1. The lowest BCUT2D eigenvalue weighted by Gasteiger charge is -2.07. The second kappa shape index (κ2) is 6.21. The van der Waals surface area contributed by atoms with E-state index in [1.54, 1.807) is 11.3 Å². The summed E-state index contributed by atoms with van der Waals surface area (Å²) in [7, 11) is -2.86. The number of thiophene rings is 1. The standard InChI is InChI=1S/C14H17NO2S2/c1-19(16,17)10-4-8-15-13-6-2-5-12(11-13)14-7-3-9-18-14/h2-3,5-7,9,11,15H,4,8,10H2,1H3. The zero-order valence-electron chi connectivity index (χ0n) is 10.8. The quantitative estimate of drug-likeness (QED) is 0.832. The molecule has 5 heteroatoms. The molecular weight excluding hydrogens is 278 g/mol. The Bertz CT molecular complexity index is 619. The number of rotatable bonds is 6. The maximum Gasteiger partial charge on any atom is 0.147 e. The molecule has 0 amide bonds. The van der Waals surface area contributed by atoms with Gasteiger partial charge in [0.05, 0.1) is 5.75 Å². The van der Waals surface area contributed by atoms with Gasteiger partial charge in [-0.2, -0.15) is 0 Å². The molecule has 0 unspecified atom stereocenters. The van der Waals surface area contributed by atoms with Gasteiger partial charge in [0.15, 0.2) is 0 Å². The fourth-order valence-corrected chi connectivity index (χ4v) is 3.18. The topological polar surface area (TPSA) is 46.2 Å². The number of nitrogens with one attached hydrogen (secondary N) is 1. The van der Waals surface area contributed by atoms with Crippen molar-refractivity contribution in [3.8, 4) is 10.4 Å². The summed E-state index contributed by atoms with van der Waals surface area (Å²) in [6.45, 7) is 0.668. The average Bonchev–Trinajstić information content (AvgIpc) is 2.88. The number of sulfone groups is 1. The Morgan fingerprint density at radius 2 is 2.05 bits per heavy atom. The van der Waals surface area contributed by atoms with Gasteiger partial charge in [0.2, 0.25) is 0 Å². The smallest absolute Gasteiger partial charge is 0.147 e. The molecule has 0 aliphatic heterocycles. The van der Waals surface area contributed by atoms with Crippen LogP contribution < -0.4 is 5.32 Å². The van der Waals surface area contributed by atoms with Crippen molar-refractivity contribution in [1.29, 1.82) is 0 Å². The minimum atomic E-state index is -2.86. The second-order valence-corrected chi connectivity index (χ2v) is 7.68. The molecule has 0 spiro atoms. The molecule has 1 heterocycles. The first-order valence-electron chi connectivity index (χ1n) is 6.10. The van der Waals surface area contributed by atoms with Crippen molar-refractivity contribution in [1.82, 2.24) is 0 Å². The molecule has 19 heavy (non-hydrogen) atoms. The third kappa shape index (κ3) is 4.69. The Morgan fingerprint density at radius 1 is 1.21 bits per heavy atom. The van der Waals surface area contributed by atoms with Gasteiger partial charge < -0.3 is 5.32 Å². The Kier molecular flexibility index (Phi) is 4.61. The van der Waals surface area contributed by atoms with Crippen molar-refractivity contribution in [3.63, 3.8) is 0 Å². The van der Waals surface area contributed by atoms with E-state index in [1.807, 2.05) is 18.2 Å². The molecule has 0 fully saturated rings. The lowest BCUT2D eigenvalue weighted by atomic mass is 10.1. The van der Waals surface area contributed by atoms with Crippen LogP contribution in [0.15, 0.2) is 41.8 Å². The van der Waals surface area contributed by atoms with Crippen LogP contribution in [-0.4, -0.2) is 27.0 Å². The number of benzene rings is 1. The van der Waals surface area contributed by atoms with Crippen LogP contribution in [0.4, 0.5) is 5.69 Å². The van der Waals surface area contributed by atoms with Crippen molar-refractivity contribution in [2.75, 3.05) is 23.9 Å². The van der Waals surface area contributed by atoms with Crippen molar-refractivity contribution in [2.24, 2.45) is 0 Å². The molecule has 0 saturated carbocycles. The highest BCUT2D eigenvalue weighted by Gasteiger charge is 2.02. The van der Waals surface area contributed by atoms with Crippen LogP contribution in [0.3, 0.4) is 0 Å². The van der Waals surface area contributed by atoms with Crippen molar-refractivity contribution in [3.05, 3.63) is 41.8 Å². The minimum Gasteiger partial charge on any atom is -0.385 e. The Balaban J connectivity index is 1.93. The minimum absolute atomic E-state index is 0.227. The van der Waals surface area contributed by atoms with Crippen LogP contribution in [0.1, 0.15) is 6.42 Å². The molecule has 1 aromatic carbocycles. The first-order valence-corrected chi connectivity index (χ1v) is 9.04. The molecule has 0 atom stereocenters. The molecule has 0 aliphatic carbocycles. The lowest BCUT2D eigenvalue weighted by molar-refractivity contribution is 0.600. The highest BCUT2D eigenvalue weighted by atomic mass is 32.2. The third-order valence-electron chi connectivity index (χ3n) is 2.69. The van der Waals surface area contributed by atoms with Gasteiger partial charge in [-0.05, 0) is 35.6 Å². The summed E-state index contributed by atoms with van der Waals surface area (Å²) in [6.07, 6.45) is 1.90. The summed E-state index contributed by atoms with van der Waals surface area (Å²) in [6, 6.07) is 12.3. The normalized spacial score (nSPS) is 11.4. The number of anilines is 1. The first-order chi connectivity index (χ1) is 9.04. The van der Waals surface area contributed by atoms with E-state index in [2.05, 4.69) is 28.9 Å². The zero-order chi connectivity index (χ0) is 13.7. The van der Waals surface area contributed by atoms with E-state index in [-0.39, 0.29) is 5.75 Å². The van der Waals surface area contributed by atoms with Gasteiger partial charge in [-0.1, -0.05) is 18.2 Å². The molecule has 1 aromatic heterocycles. The van der Waals surface area contributed by atoms with Gasteiger partial charge in [0, 0.05) is 23.4 Å². The van der Waals surface area contributed by atoms with E-state index in [9.17, 15) is 8.42 Å². The van der Waals surface area contributed by atoms with E-state index in [0.717, 1.165) is 5.69 Å². The molecular formula is C14H17NO2S2. The van der Waals surface area contributed by atoms with Crippen molar-refractivity contribution in [2.45, 2.75) is 6.42 Å². The van der Waals surface area contributed by atoms with Gasteiger partial charge in [-0.3, -0.25) is 0 Å². The summed E-state index contributed by atoms with van der Waals surface area (Å²) in [5.74, 6) is 0.227. The van der Waals surface area contributed by atoms with Crippen LogP contribution in [0.5, 0.6) is 0 Å². The highest BCUT2D eigenvalue weighted by molar-refractivity contribution is 7.90. The Labute approximate surface area is 118 Å². The van der Waals surface area contributed by atoms with Gasteiger partial charge in [-0.25, -0.2) is 8.42 Å². The van der Waals surface area contributed by atoms with Gasteiger partial charge >= 0.3 is 0 Å². The fraction of sp³-hybridized carbons (Fsp3) is 0.286. The summed E-state index contributed by atoms with van der Waals surface area (Å²) in [4.78, 5) is 1.24. The summed E-state index contributed by atoms with van der Waals surface area (Å²) in [5, 5.41) is 5.32. The van der Waals surface area contributed by atoms with Crippen molar-refractivity contribution < 1.29 is 8.42 Å². The van der Waals surface area contributed by atoms with E-state index < -0.39 is 9.84 Å². The van der Waals surface area contributed by atoms with Crippen LogP contribution in [-0.2, 0) is 9.84 Å². The molecule has 2 rings (SSSR count). The second-order valence-electron chi connectivity index (χ2n) is 4.47. The molecule has 1 N–H and O–H groups in total. The third-order valence-corrected chi connectivity index (χ3v) is 4.64. The van der Waals surface area contributed by atoms with Gasteiger partial charge in [0.25, 0.3) is 0 Å². The van der Waals surface area contributed by atoms with Gasteiger partial charge in [-0.15, -0.1) is 11.3 Å². The largest absolute Gasteiger partial charge is 0.385 e. The lowest BCUT2D eigenvalue weighted by Crippen LogP contribution is -2.09. The number of hydrogen-bond donors (Lipinski definition) is 1. The van der Waals surface area contributed by atoms with E-state index in [4.69, 9.17) is 0 Å². The molecule has 0 saturated heterocycles. The molecule has 3 nitrogen and oxygen atoms in total. The number of hydrogen-bond acceptors (Lipinski definition) is 4. The fourth-order valence-electron chi connectivity index (χ4n) is 1.79. The predicted octanol–water partition coefficient (Wildman–Crippen LogP) is 3.26. The summed E-state index contributed by atoms with van der Waals surface area (Å²) >= 11 is 1.71. The molecule has 0 aliphatic rings. The maximum absolute atomic E-state index is 11.0. The molecule has 102 valence electrons. The van der Waals surface area contributed by atoms with Gasteiger partial charge in [0.1, 0.15) is 9.84 Å². The highest BCUT2D eigenvalue weighted by Crippen LogP contribution is 2.26. The Hall–Kier alpha value is -1.33. The van der Waals surface area contributed by atoms with Crippen LogP contribution in [0.2, 0.25) is 0 Å². The first kappa shape index (κ1) is 14.1. The summed E-state index contributed by atoms with van der Waals surface area (Å²) in [5.41, 5.74) is 2.21. The Morgan fingerprint density at radius 3 is 2.74 bits per heavy atom. The molecule has 2 aromatic rings. The van der Waals surface area contributed by atoms with E-state index >= 15 is 0 Å². The maximum atomic E-state index is 11.0. The van der Waals surface area contributed by atoms with Crippen molar-refractivity contribution >= 4 is 26.9 Å². The average molecular weight is 295 g/mol. The molecule has 0 radical (unpaired) electrons. The van der Waals surface area contributed by atoms with E-state index in [1.165, 1.54) is 16.7 Å². The predicted molar refractivity (Wildman–Crippen MR) is 82.6 cm³/mol. The SMILES string of the molecule is CS(=O)(=O)CCCNc1cccc(-c2cccs2)c1. The zero-order valence-corrected chi connectivity index (χ0v) is 12.4. The van der Waals surface area contributed by atoms with Crippen LogP contribution in [0, 0.1) is 0 Å². The molecule has 0 bridgehead atoms. The van der Waals surface area contributed by atoms with E-state index in [0.29, 0.717) is 13.0 Å². The van der Waals surface area contributed by atoms with Crippen LogP contribution >= 0.6 is 11.3 Å². The van der Waals surface area contributed by atoms with Crippen LogP contribution in [0.25, 0.3) is 10.4 Å². The monoisotopic (exact) mass is 295 g/mol.